The maximum atomic E-state index is 7.99. The SMILES string of the molecule is [2H]C([2H])([2H])c1ccnc(-n2c3[c-]c(Oc4[c-]c(N5C=CN(c6cc(C(C)(C)c7ccccc7)cc(C(C)(C)c7ccccc7)c6)[CH-]5)ccc4)ccc3c3ccccc32)c1.[Pt]. The Labute approximate surface area is 354 Å². The molecule has 6 aromatic carbocycles. The third-order valence-electron chi connectivity index (χ3n) is 11.1. The molecule has 0 fully saturated rings. The third kappa shape index (κ3) is 7.17. The van der Waals surface area contributed by atoms with E-state index in [1.54, 1.807) is 6.07 Å². The smallest absolute Gasteiger partial charge is 0.135 e. The summed E-state index contributed by atoms with van der Waals surface area (Å²) in [5.41, 5.74) is 8.21. The summed E-state index contributed by atoms with van der Waals surface area (Å²) in [5, 5.41) is 1.96. The molecule has 57 heavy (non-hydrogen) atoms. The van der Waals surface area contributed by atoms with Crippen LogP contribution >= 0.6 is 0 Å². The number of pyridine rings is 1. The van der Waals surface area contributed by atoms with E-state index in [4.69, 9.17) is 8.85 Å². The van der Waals surface area contributed by atoms with Gasteiger partial charge in [0.15, 0.2) is 0 Å². The number of hydrogen-bond donors (Lipinski definition) is 0. The topological polar surface area (TPSA) is 33.5 Å². The van der Waals surface area contributed by atoms with Crippen LogP contribution in [0.15, 0.2) is 164 Å². The van der Waals surface area contributed by atoms with E-state index in [2.05, 4.69) is 141 Å². The minimum absolute atomic E-state index is 0. The second-order valence-electron chi connectivity index (χ2n) is 15.3. The molecule has 0 atom stereocenters. The van der Waals surface area contributed by atoms with Crippen LogP contribution in [0.5, 0.6) is 11.5 Å². The normalized spacial score (nSPS) is 14.0. The maximum absolute atomic E-state index is 7.99. The summed E-state index contributed by atoms with van der Waals surface area (Å²) in [7, 11) is 0. The number of rotatable bonds is 9. The van der Waals surface area contributed by atoms with E-state index in [0.717, 1.165) is 33.2 Å². The summed E-state index contributed by atoms with van der Waals surface area (Å²) < 4.78 is 32.3. The number of anilines is 2. The molecular formula is C51H43N4OPt-3. The van der Waals surface area contributed by atoms with Gasteiger partial charge in [-0.2, -0.15) is 12.1 Å². The molecule has 0 bridgehead atoms. The summed E-state index contributed by atoms with van der Waals surface area (Å²) in [6.07, 6.45) is 5.64. The van der Waals surface area contributed by atoms with E-state index in [1.165, 1.54) is 34.5 Å². The minimum atomic E-state index is -2.26. The van der Waals surface area contributed by atoms with Gasteiger partial charge < -0.3 is 19.1 Å². The molecule has 3 heterocycles. The van der Waals surface area contributed by atoms with E-state index in [9.17, 15) is 0 Å². The van der Waals surface area contributed by atoms with Gasteiger partial charge in [-0.25, -0.2) is 4.98 Å². The third-order valence-corrected chi connectivity index (χ3v) is 11.1. The van der Waals surface area contributed by atoms with Crippen LogP contribution in [-0.2, 0) is 31.9 Å². The number of aromatic nitrogens is 2. The van der Waals surface area contributed by atoms with Crippen LogP contribution in [0.25, 0.3) is 27.6 Å². The second-order valence-corrected chi connectivity index (χ2v) is 15.3. The van der Waals surface area contributed by atoms with Crippen molar-refractivity contribution in [3.05, 3.63) is 211 Å². The Morgan fingerprint density at radius 3 is 1.96 bits per heavy atom. The number of nitrogens with zero attached hydrogens (tertiary/aromatic N) is 4. The van der Waals surface area contributed by atoms with Gasteiger partial charge in [0.25, 0.3) is 0 Å². The van der Waals surface area contributed by atoms with Gasteiger partial charge in [0.1, 0.15) is 5.82 Å². The molecule has 0 amide bonds. The number of aryl methyl sites for hydroxylation is 1. The van der Waals surface area contributed by atoms with Crippen molar-refractivity contribution in [3.8, 4) is 17.3 Å². The zero-order chi connectivity index (χ0) is 40.9. The molecule has 286 valence electrons. The van der Waals surface area contributed by atoms with E-state index in [0.29, 0.717) is 17.3 Å². The summed E-state index contributed by atoms with van der Waals surface area (Å²) >= 11 is 0. The van der Waals surface area contributed by atoms with Gasteiger partial charge in [-0.1, -0.05) is 118 Å². The van der Waals surface area contributed by atoms with Crippen LogP contribution in [-0.4, -0.2) is 9.55 Å². The monoisotopic (exact) mass is 925 g/mol. The first-order valence-corrected chi connectivity index (χ1v) is 18.9. The van der Waals surface area contributed by atoms with Crippen molar-refractivity contribution in [2.75, 3.05) is 9.80 Å². The van der Waals surface area contributed by atoms with Crippen LogP contribution in [0.4, 0.5) is 11.4 Å². The fourth-order valence-corrected chi connectivity index (χ4v) is 7.65. The van der Waals surface area contributed by atoms with Crippen molar-refractivity contribution in [1.82, 2.24) is 9.55 Å². The van der Waals surface area contributed by atoms with Gasteiger partial charge in [0.2, 0.25) is 0 Å². The summed E-state index contributed by atoms with van der Waals surface area (Å²) in [5.74, 6) is 1.52. The average Bonchev–Trinajstić information content (AvgIpc) is 3.88. The molecular weight excluding hydrogens is 880 g/mol. The first kappa shape index (κ1) is 34.4. The number of benzene rings is 6. The Morgan fingerprint density at radius 2 is 1.26 bits per heavy atom. The summed E-state index contributed by atoms with van der Waals surface area (Å²) in [6, 6.07) is 56.1. The van der Waals surface area contributed by atoms with E-state index < -0.39 is 6.85 Å². The molecule has 0 aliphatic carbocycles. The van der Waals surface area contributed by atoms with Crippen LogP contribution in [0.3, 0.4) is 0 Å². The fourth-order valence-electron chi connectivity index (χ4n) is 7.65. The molecule has 0 unspecified atom stereocenters. The number of ether oxygens (including phenoxy) is 1. The van der Waals surface area contributed by atoms with Crippen LogP contribution in [0.2, 0.25) is 0 Å². The number of hydrogen-bond acceptors (Lipinski definition) is 4. The van der Waals surface area contributed by atoms with Gasteiger partial charge in [-0.3, -0.25) is 0 Å². The van der Waals surface area contributed by atoms with Crippen LogP contribution in [0, 0.1) is 25.7 Å². The summed E-state index contributed by atoms with van der Waals surface area (Å²) in [6.45, 7) is 8.98. The Bertz CT molecular complexity index is 2780. The number of para-hydroxylation sites is 1. The first-order valence-electron chi connectivity index (χ1n) is 20.4. The first-order chi connectivity index (χ1) is 28.4. The Balaban J connectivity index is 0.00000499. The number of fused-ring (bicyclic) bond motifs is 3. The predicted octanol–water partition coefficient (Wildman–Crippen LogP) is 12.4. The van der Waals surface area contributed by atoms with Crippen molar-refractivity contribution >= 4 is 33.2 Å². The van der Waals surface area contributed by atoms with E-state index in [1.807, 2.05) is 70.3 Å². The second kappa shape index (κ2) is 15.2. The van der Waals surface area contributed by atoms with Gasteiger partial charge in [-0.15, -0.1) is 48.1 Å². The molecule has 0 radical (unpaired) electrons. The predicted molar refractivity (Wildman–Crippen MR) is 229 cm³/mol. The molecule has 0 saturated carbocycles. The van der Waals surface area contributed by atoms with Crippen molar-refractivity contribution < 1.29 is 29.9 Å². The molecule has 5 nitrogen and oxygen atoms in total. The fraction of sp³-hybridized carbons (Fsp3) is 0.137. The van der Waals surface area contributed by atoms with Crippen molar-refractivity contribution in [2.24, 2.45) is 0 Å². The molecule has 6 heteroatoms. The van der Waals surface area contributed by atoms with Gasteiger partial charge >= 0.3 is 0 Å². The summed E-state index contributed by atoms with van der Waals surface area (Å²) in [4.78, 5) is 8.78. The van der Waals surface area contributed by atoms with Gasteiger partial charge in [0, 0.05) is 64.9 Å². The Hall–Kier alpha value is -5.90. The Kier molecular flexibility index (Phi) is 9.17. The van der Waals surface area contributed by atoms with Crippen molar-refractivity contribution in [1.29, 1.82) is 0 Å². The van der Waals surface area contributed by atoms with Crippen molar-refractivity contribution in [2.45, 2.75) is 45.4 Å². The van der Waals surface area contributed by atoms with Gasteiger partial charge in [-0.05, 0) is 82.8 Å². The molecule has 0 saturated heterocycles. The largest absolute Gasteiger partial charge is 0.509 e. The molecule has 9 rings (SSSR count). The molecule has 8 aromatic rings. The zero-order valence-electron chi connectivity index (χ0n) is 35.2. The standard InChI is InChI=1S/C51H43N4O.Pt/c1-36-25-26-52-49(29-36)55-47-22-13-12-21-45(47)46-24-23-44(34-48(46)55)56-43-20-14-19-41(33-43)53-27-28-54(35-53)42-31-39(50(2,3)37-15-8-6-9-16-37)30-40(32-42)51(4,5)38-17-10-7-11-18-38;/h6-32,35H,1-5H3;/q-3;/i1D3;. The Morgan fingerprint density at radius 1 is 0.614 bits per heavy atom. The van der Waals surface area contributed by atoms with E-state index in [-0.39, 0.29) is 37.5 Å². The molecule has 2 aromatic heterocycles. The van der Waals surface area contributed by atoms with Gasteiger partial charge in [0.05, 0.1) is 0 Å². The van der Waals surface area contributed by atoms with Crippen molar-refractivity contribution in [3.63, 3.8) is 0 Å². The maximum Gasteiger partial charge on any atom is 0.135 e. The molecule has 1 aliphatic rings. The average molecular weight is 926 g/mol. The quantitative estimate of drug-likeness (QED) is 0.135. The van der Waals surface area contributed by atoms with E-state index >= 15 is 0 Å². The minimum Gasteiger partial charge on any atom is -0.509 e. The molecule has 0 spiro atoms. The molecule has 0 N–H and O–H groups in total. The van der Waals surface area contributed by atoms with Crippen LogP contribution < -0.4 is 14.5 Å². The zero-order valence-corrected chi connectivity index (χ0v) is 34.5. The molecule has 1 aliphatic heterocycles. The van der Waals surface area contributed by atoms with Crippen LogP contribution in [0.1, 0.15) is 59.6 Å².